The number of carbonyl (C=O) groups is 2. The van der Waals surface area contributed by atoms with E-state index in [1.807, 2.05) is 0 Å². The van der Waals surface area contributed by atoms with Crippen molar-refractivity contribution in [2.45, 2.75) is 19.8 Å². The van der Waals surface area contributed by atoms with E-state index >= 15 is 0 Å². The van der Waals surface area contributed by atoms with Gasteiger partial charge >= 0.3 is 11.9 Å². The smallest absolute Gasteiger partial charge is 0.341 e. The van der Waals surface area contributed by atoms with Crippen LogP contribution < -0.4 is 0 Å². The zero-order chi connectivity index (χ0) is 11.1. The molecule has 0 unspecified atom stereocenters. The maximum Gasteiger partial charge on any atom is 0.341 e. The third-order valence-electron chi connectivity index (χ3n) is 1.47. The molecule has 0 saturated carbocycles. The van der Waals surface area contributed by atoms with E-state index in [4.69, 9.17) is 0 Å². The number of esters is 2. The van der Waals surface area contributed by atoms with Crippen LogP contribution in [0.1, 0.15) is 19.8 Å². The van der Waals surface area contributed by atoms with Crippen molar-refractivity contribution in [1.82, 2.24) is 0 Å². The van der Waals surface area contributed by atoms with Crippen LogP contribution in [0.4, 0.5) is 0 Å². The first-order chi connectivity index (χ1) is 6.49. The highest BCUT2D eigenvalue weighted by Gasteiger charge is 2.13. The van der Waals surface area contributed by atoms with Crippen LogP contribution in [0.3, 0.4) is 0 Å². The van der Waals surface area contributed by atoms with E-state index in [9.17, 15) is 9.59 Å². The monoisotopic (exact) mass is 194 g/mol. The summed E-state index contributed by atoms with van der Waals surface area (Å²) in [6, 6.07) is 0. The van der Waals surface area contributed by atoms with E-state index in [-0.39, 0.29) is 11.1 Å². The predicted molar refractivity (Wildman–Crippen MR) is 54.5 cm³/mol. The van der Waals surface area contributed by atoms with Gasteiger partial charge in [0.1, 0.15) is 0 Å². The second kappa shape index (κ2) is 5.91. The number of allylic oxidation sites excluding steroid dienone is 1. The summed E-state index contributed by atoms with van der Waals surface area (Å²) < 4.78 is 4.46. The Kier molecular flexibility index (Phi) is 5.22. The van der Waals surface area contributed by atoms with Crippen molar-refractivity contribution < 1.29 is 14.3 Å². The Labute approximate surface area is 83.8 Å². The summed E-state index contributed by atoms with van der Waals surface area (Å²) >= 11 is 0. The molecule has 0 fully saturated rings. The molecule has 0 amide bonds. The highest BCUT2D eigenvalue weighted by atomic mass is 16.6. The van der Waals surface area contributed by atoms with Gasteiger partial charge in [-0.15, -0.1) is 6.58 Å². The molecule has 0 aliphatic carbocycles. The Bertz CT molecular complexity index is 287. The fraction of sp³-hybridized carbons (Fsp3) is 0.273. The Morgan fingerprint density at radius 1 is 1.29 bits per heavy atom. The highest BCUT2D eigenvalue weighted by molar-refractivity contribution is 6.00. The van der Waals surface area contributed by atoms with Gasteiger partial charge in [-0.1, -0.05) is 19.2 Å². The van der Waals surface area contributed by atoms with Crippen LogP contribution in [0.2, 0.25) is 0 Å². The van der Waals surface area contributed by atoms with Gasteiger partial charge in [0, 0.05) is 11.1 Å². The van der Waals surface area contributed by atoms with E-state index in [0.717, 1.165) is 0 Å². The number of hydrogen-bond acceptors (Lipinski definition) is 3. The van der Waals surface area contributed by atoms with Gasteiger partial charge in [-0.3, -0.25) is 0 Å². The molecule has 0 saturated heterocycles. The Morgan fingerprint density at radius 2 is 1.86 bits per heavy atom. The average Bonchev–Trinajstić information content (AvgIpc) is 2.13. The van der Waals surface area contributed by atoms with E-state index in [2.05, 4.69) is 24.5 Å². The summed E-state index contributed by atoms with van der Waals surface area (Å²) in [5.41, 5.74) is 0.453. The summed E-state index contributed by atoms with van der Waals surface area (Å²) in [6.07, 6.45) is 2.75. The van der Waals surface area contributed by atoms with Gasteiger partial charge in [0.05, 0.1) is 0 Å². The van der Waals surface area contributed by atoms with Crippen molar-refractivity contribution in [2.75, 3.05) is 0 Å². The van der Waals surface area contributed by atoms with Gasteiger partial charge in [-0.25, -0.2) is 9.59 Å². The first kappa shape index (κ1) is 12.4. The molecule has 0 aromatic rings. The van der Waals surface area contributed by atoms with Crippen molar-refractivity contribution in [3.8, 4) is 0 Å². The van der Waals surface area contributed by atoms with Crippen LogP contribution in [0.15, 0.2) is 37.0 Å². The quantitative estimate of drug-likeness (QED) is 0.291. The first-order valence-corrected chi connectivity index (χ1v) is 4.19. The van der Waals surface area contributed by atoms with Crippen LogP contribution >= 0.6 is 0 Å². The molecule has 0 heterocycles. The van der Waals surface area contributed by atoms with Crippen LogP contribution in [-0.4, -0.2) is 11.9 Å². The molecular weight excluding hydrogens is 180 g/mol. The highest BCUT2D eigenvalue weighted by Crippen LogP contribution is 2.06. The van der Waals surface area contributed by atoms with Crippen molar-refractivity contribution >= 4 is 11.9 Å². The van der Waals surface area contributed by atoms with Gasteiger partial charge in [0.2, 0.25) is 0 Å². The molecular formula is C11H14O3. The van der Waals surface area contributed by atoms with Crippen LogP contribution in [-0.2, 0) is 14.3 Å². The van der Waals surface area contributed by atoms with E-state index in [1.54, 1.807) is 6.08 Å². The Morgan fingerprint density at radius 3 is 2.29 bits per heavy atom. The minimum Gasteiger partial charge on any atom is -0.386 e. The van der Waals surface area contributed by atoms with E-state index in [1.165, 1.54) is 6.92 Å². The summed E-state index contributed by atoms with van der Waals surface area (Å²) in [5.74, 6) is -1.41. The van der Waals surface area contributed by atoms with Crippen molar-refractivity contribution in [3.05, 3.63) is 37.0 Å². The van der Waals surface area contributed by atoms with Crippen LogP contribution in [0.25, 0.3) is 0 Å². The minimum atomic E-state index is -0.713. The lowest BCUT2D eigenvalue weighted by molar-refractivity contribution is -0.154. The van der Waals surface area contributed by atoms with Crippen LogP contribution in [0.5, 0.6) is 0 Å². The lowest BCUT2D eigenvalue weighted by Crippen LogP contribution is -2.14. The Balaban J connectivity index is 4.08. The molecule has 0 aliphatic heterocycles. The van der Waals surface area contributed by atoms with Gasteiger partial charge in [0.15, 0.2) is 0 Å². The van der Waals surface area contributed by atoms with E-state index in [0.29, 0.717) is 12.8 Å². The van der Waals surface area contributed by atoms with E-state index < -0.39 is 11.9 Å². The molecule has 14 heavy (non-hydrogen) atoms. The van der Waals surface area contributed by atoms with Crippen molar-refractivity contribution in [1.29, 1.82) is 0 Å². The second-order valence-electron chi connectivity index (χ2n) is 2.89. The van der Waals surface area contributed by atoms with Gasteiger partial charge in [-0.2, -0.15) is 0 Å². The first-order valence-electron chi connectivity index (χ1n) is 4.19. The fourth-order valence-electron chi connectivity index (χ4n) is 0.622. The zero-order valence-corrected chi connectivity index (χ0v) is 8.34. The molecule has 3 nitrogen and oxygen atoms in total. The molecule has 0 radical (unpaired) electrons. The number of ether oxygens (including phenoxy) is 1. The molecule has 0 N–H and O–H groups in total. The molecule has 0 aromatic heterocycles. The largest absolute Gasteiger partial charge is 0.386 e. The van der Waals surface area contributed by atoms with Gasteiger partial charge in [0.25, 0.3) is 0 Å². The summed E-state index contributed by atoms with van der Waals surface area (Å²) in [4.78, 5) is 22.1. The SMILES string of the molecule is C=CCCC(=C)C(=O)OC(=O)C(=C)C. The fourth-order valence-corrected chi connectivity index (χ4v) is 0.622. The molecule has 76 valence electrons. The maximum atomic E-state index is 11.1. The van der Waals surface area contributed by atoms with Crippen molar-refractivity contribution in [3.63, 3.8) is 0 Å². The molecule has 0 bridgehead atoms. The topological polar surface area (TPSA) is 43.4 Å². The second-order valence-corrected chi connectivity index (χ2v) is 2.89. The number of carbonyl (C=O) groups excluding carboxylic acids is 2. The molecule has 0 spiro atoms. The summed E-state index contributed by atoms with van der Waals surface area (Å²) in [5, 5.41) is 0. The van der Waals surface area contributed by atoms with Crippen LogP contribution in [0, 0.1) is 0 Å². The molecule has 0 atom stereocenters. The number of rotatable bonds is 5. The minimum absolute atomic E-state index is 0.190. The molecule has 0 aromatic carbocycles. The Hall–Kier alpha value is -1.64. The molecule has 0 rings (SSSR count). The maximum absolute atomic E-state index is 11.1. The lowest BCUT2D eigenvalue weighted by atomic mass is 10.2. The summed E-state index contributed by atoms with van der Waals surface area (Å²) in [7, 11) is 0. The zero-order valence-electron chi connectivity index (χ0n) is 8.34. The summed E-state index contributed by atoms with van der Waals surface area (Å²) in [6.45, 7) is 11.8. The standard InChI is InChI=1S/C11H14O3/c1-5-6-7-9(4)11(13)14-10(12)8(2)3/h5H,1-2,4,6-7H2,3H3. The lowest BCUT2D eigenvalue weighted by Gasteiger charge is -2.03. The normalized spacial score (nSPS) is 8.93. The van der Waals surface area contributed by atoms with Gasteiger partial charge < -0.3 is 4.74 Å². The predicted octanol–water partition coefficient (Wildman–Crippen LogP) is 2.15. The van der Waals surface area contributed by atoms with Gasteiger partial charge in [-0.05, 0) is 19.8 Å². The molecule has 0 aliphatic rings. The average molecular weight is 194 g/mol. The third kappa shape index (κ3) is 4.40. The van der Waals surface area contributed by atoms with Crippen molar-refractivity contribution in [2.24, 2.45) is 0 Å². The number of hydrogen-bond donors (Lipinski definition) is 0. The molecule has 3 heteroatoms. The third-order valence-corrected chi connectivity index (χ3v) is 1.47.